The van der Waals surface area contributed by atoms with Gasteiger partial charge < -0.3 is 0 Å². The molecule has 4 heteroatoms. The van der Waals surface area contributed by atoms with Crippen LogP contribution in [-0.2, 0) is 0 Å². The Morgan fingerprint density at radius 2 is 1.77 bits per heavy atom. The Labute approximate surface area is 85.7 Å². The molecule has 1 unspecified atom stereocenters. The fraction of sp³-hybridized carbons (Fsp3) is 1.00. The molecule has 0 radical (unpaired) electrons. The molecule has 0 aliphatic rings. The second kappa shape index (κ2) is 5.75. The van der Waals surface area contributed by atoms with Gasteiger partial charge in [-0.2, -0.15) is 0 Å². The highest BCUT2D eigenvalue weighted by Gasteiger charge is 2.29. The third-order valence-corrected chi connectivity index (χ3v) is 4.59. The van der Waals surface area contributed by atoms with Gasteiger partial charge in [0.25, 0.3) is 0 Å². The van der Waals surface area contributed by atoms with Crippen LogP contribution in [-0.4, -0.2) is 47.2 Å². The van der Waals surface area contributed by atoms with Crippen LogP contribution in [0.1, 0.15) is 27.2 Å². The van der Waals surface area contributed by atoms with Crippen LogP contribution < -0.4 is 10.6 Å². The highest BCUT2D eigenvalue weighted by molar-refractivity contribution is 6.14. The Balaban J connectivity index is 4.51. The lowest BCUT2D eigenvalue weighted by molar-refractivity contribution is 0.0739. The van der Waals surface area contributed by atoms with Gasteiger partial charge in [-0.1, -0.05) is 13.8 Å². The molecule has 0 saturated heterocycles. The number of nitrogens with one attached hydrogen (secondary N) is 2. The minimum Gasteiger partial charge on any atom is -0.294 e. The number of nitrogens with zero attached hydrogens (tertiary/aromatic N) is 1. The van der Waals surface area contributed by atoms with E-state index in [9.17, 15) is 0 Å². The minimum atomic E-state index is 0.0458. The van der Waals surface area contributed by atoms with Crippen molar-refractivity contribution >= 4 is 10.2 Å². The Morgan fingerprint density at radius 1 is 1.31 bits per heavy atom. The molecule has 1 atom stereocenters. The molecular formula is C9H25N3Si. The van der Waals surface area contributed by atoms with Crippen LogP contribution in [0.25, 0.3) is 0 Å². The summed E-state index contributed by atoms with van der Waals surface area (Å²) in [5.74, 6) is 0. The minimum absolute atomic E-state index is 0.0458. The van der Waals surface area contributed by atoms with E-state index in [0.29, 0.717) is 6.04 Å². The quantitative estimate of drug-likeness (QED) is 0.451. The number of hydrogen-bond donors (Lipinski definition) is 2. The van der Waals surface area contributed by atoms with Crippen molar-refractivity contribution in [1.82, 2.24) is 15.5 Å². The average molecular weight is 203 g/mol. The lowest BCUT2D eigenvalue weighted by Gasteiger charge is -2.44. The highest BCUT2D eigenvalue weighted by Crippen LogP contribution is 2.10. The maximum Gasteiger partial charge on any atom is 0.0993 e. The van der Waals surface area contributed by atoms with E-state index < -0.39 is 0 Å². The monoisotopic (exact) mass is 203 g/mol. The van der Waals surface area contributed by atoms with Crippen molar-refractivity contribution in [1.29, 1.82) is 0 Å². The molecule has 0 aliphatic heterocycles. The van der Waals surface area contributed by atoms with E-state index >= 15 is 0 Å². The zero-order valence-electron chi connectivity index (χ0n) is 9.94. The molecule has 0 aromatic carbocycles. The summed E-state index contributed by atoms with van der Waals surface area (Å²) in [5, 5.41) is 6.74. The lowest BCUT2D eigenvalue weighted by Crippen LogP contribution is -2.68. The first-order chi connectivity index (χ1) is 6.05. The molecule has 80 valence electrons. The summed E-state index contributed by atoms with van der Waals surface area (Å²) >= 11 is 0. The third kappa shape index (κ3) is 3.05. The Bertz CT molecular complexity index is 137. The van der Waals surface area contributed by atoms with E-state index in [1.165, 1.54) is 6.42 Å². The van der Waals surface area contributed by atoms with Gasteiger partial charge in [-0.3, -0.25) is 15.5 Å². The van der Waals surface area contributed by atoms with Gasteiger partial charge in [0, 0.05) is 6.04 Å². The molecule has 0 aromatic heterocycles. The Kier molecular flexibility index (Phi) is 5.79. The largest absolute Gasteiger partial charge is 0.294 e. The van der Waals surface area contributed by atoms with Crippen molar-refractivity contribution < 1.29 is 0 Å². The van der Waals surface area contributed by atoms with Gasteiger partial charge in [0.2, 0.25) is 0 Å². The summed E-state index contributed by atoms with van der Waals surface area (Å²) in [6.07, 6.45) is 1.20. The van der Waals surface area contributed by atoms with Crippen molar-refractivity contribution in [2.45, 2.75) is 38.6 Å². The maximum absolute atomic E-state index is 3.37. The summed E-state index contributed by atoms with van der Waals surface area (Å²) < 4.78 is 0. The fourth-order valence-electron chi connectivity index (χ4n) is 1.70. The van der Waals surface area contributed by atoms with Gasteiger partial charge in [-0.05, 0) is 34.0 Å². The molecule has 0 heterocycles. The summed E-state index contributed by atoms with van der Waals surface area (Å²) in [6.45, 7) is 7.82. The number of hydrogen-bond acceptors (Lipinski definition) is 3. The Hall–Kier alpha value is 0.0969. The number of rotatable bonds is 6. The van der Waals surface area contributed by atoms with E-state index in [2.05, 4.69) is 36.3 Å². The van der Waals surface area contributed by atoms with Gasteiger partial charge in [0.05, 0.1) is 15.7 Å². The predicted octanol–water partition coefficient (Wildman–Crippen LogP) is -0.478. The van der Waals surface area contributed by atoms with E-state index in [4.69, 9.17) is 0 Å². The van der Waals surface area contributed by atoms with Gasteiger partial charge in [-0.25, -0.2) is 0 Å². The van der Waals surface area contributed by atoms with Gasteiger partial charge in [0.1, 0.15) is 0 Å². The SMILES string of the molecule is CCC(C)N(CC)C([SiH3])(NC)NC. The van der Waals surface area contributed by atoms with Crippen molar-refractivity contribution in [3.63, 3.8) is 0 Å². The molecular weight excluding hydrogens is 178 g/mol. The van der Waals surface area contributed by atoms with Gasteiger partial charge in [0.15, 0.2) is 0 Å². The molecule has 0 bridgehead atoms. The molecule has 0 saturated carbocycles. The second-order valence-electron chi connectivity index (χ2n) is 3.62. The van der Waals surface area contributed by atoms with E-state index in [0.717, 1.165) is 16.8 Å². The zero-order chi connectivity index (χ0) is 10.5. The molecule has 0 rings (SSSR count). The second-order valence-corrected chi connectivity index (χ2v) is 5.06. The van der Waals surface area contributed by atoms with Crippen LogP contribution in [0, 0.1) is 0 Å². The summed E-state index contributed by atoms with van der Waals surface area (Å²) in [5.41, 5.74) is 0.0458. The average Bonchev–Trinajstić information content (AvgIpc) is 2.18. The van der Waals surface area contributed by atoms with Crippen molar-refractivity contribution in [3.05, 3.63) is 0 Å². The van der Waals surface area contributed by atoms with Crippen LogP contribution in [0.3, 0.4) is 0 Å². The molecule has 13 heavy (non-hydrogen) atoms. The molecule has 0 fully saturated rings. The van der Waals surface area contributed by atoms with Crippen LogP contribution in [0.4, 0.5) is 0 Å². The van der Waals surface area contributed by atoms with Crippen molar-refractivity contribution in [3.8, 4) is 0 Å². The van der Waals surface area contributed by atoms with Crippen LogP contribution in [0.2, 0.25) is 0 Å². The molecule has 2 N–H and O–H groups in total. The normalized spacial score (nSPS) is 15.2. The first kappa shape index (κ1) is 13.1. The first-order valence-electron chi connectivity index (χ1n) is 5.20. The fourth-order valence-corrected chi connectivity index (χ4v) is 2.46. The van der Waals surface area contributed by atoms with Crippen molar-refractivity contribution in [2.75, 3.05) is 20.6 Å². The van der Waals surface area contributed by atoms with Crippen LogP contribution >= 0.6 is 0 Å². The molecule has 0 spiro atoms. The Morgan fingerprint density at radius 3 is 2.00 bits per heavy atom. The van der Waals surface area contributed by atoms with Crippen molar-refractivity contribution in [2.24, 2.45) is 0 Å². The van der Waals surface area contributed by atoms with Gasteiger partial charge >= 0.3 is 0 Å². The van der Waals surface area contributed by atoms with Gasteiger partial charge in [-0.15, -0.1) is 0 Å². The summed E-state index contributed by atoms with van der Waals surface area (Å²) in [6, 6.07) is 0.627. The van der Waals surface area contributed by atoms with Crippen LogP contribution in [0.15, 0.2) is 0 Å². The topological polar surface area (TPSA) is 27.3 Å². The zero-order valence-corrected chi connectivity index (χ0v) is 11.9. The standard InChI is InChI=1S/C9H25N3Si/c1-6-8(3)12(7-2)9(13,10-4)11-5/h8,10-11H,6-7H2,1-5,13H3. The van der Waals surface area contributed by atoms with E-state index in [-0.39, 0.29) is 5.41 Å². The summed E-state index contributed by atoms with van der Waals surface area (Å²) in [4.78, 5) is 2.49. The maximum atomic E-state index is 3.37. The van der Waals surface area contributed by atoms with E-state index in [1.807, 2.05) is 14.1 Å². The summed E-state index contributed by atoms with van der Waals surface area (Å²) in [7, 11) is 5.11. The molecule has 3 nitrogen and oxygen atoms in total. The van der Waals surface area contributed by atoms with E-state index in [1.54, 1.807) is 0 Å². The first-order valence-corrected chi connectivity index (χ1v) is 6.20. The smallest absolute Gasteiger partial charge is 0.0993 e. The molecule has 0 aromatic rings. The van der Waals surface area contributed by atoms with Crippen LogP contribution in [0.5, 0.6) is 0 Å². The molecule has 0 amide bonds. The molecule has 0 aliphatic carbocycles. The lowest BCUT2D eigenvalue weighted by atomic mass is 10.2. The third-order valence-electron chi connectivity index (χ3n) is 3.01. The highest BCUT2D eigenvalue weighted by atomic mass is 28.1. The predicted molar refractivity (Wildman–Crippen MR) is 62.9 cm³/mol.